The standard InChI is InChI=1S/C16H13ClN4O3S/c17-12-3-1-11(2-4-12)15-9-16(19-10-22)20-21(15)13-5-7-14(8-6-13)25(18,23)24/h1-10H,(H2,18,23,24)(H,19,20,22). The number of anilines is 1. The average molecular weight is 377 g/mol. The van der Waals surface area contributed by atoms with Crippen LogP contribution < -0.4 is 10.5 Å². The number of halogens is 1. The number of carbonyl (C=O) groups excluding carboxylic acids is 1. The zero-order valence-electron chi connectivity index (χ0n) is 12.8. The van der Waals surface area contributed by atoms with Crippen molar-refractivity contribution >= 4 is 33.9 Å². The summed E-state index contributed by atoms with van der Waals surface area (Å²) in [7, 11) is -3.78. The van der Waals surface area contributed by atoms with E-state index in [1.807, 2.05) is 12.1 Å². The fraction of sp³-hybridized carbons (Fsp3) is 0. The van der Waals surface area contributed by atoms with E-state index in [1.54, 1.807) is 35.0 Å². The van der Waals surface area contributed by atoms with Gasteiger partial charge < -0.3 is 5.32 Å². The largest absolute Gasteiger partial charge is 0.312 e. The summed E-state index contributed by atoms with van der Waals surface area (Å²) in [5.41, 5.74) is 2.13. The SMILES string of the molecule is NS(=O)(=O)c1ccc(-n2nc(NC=O)cc2-c2ccc(Cl)cc2)cc1. The van der Waals surface area contributed by atoms with Gasteiger partial charge in [0.15, 0.2) is 5.82 Å². The fourth-order valence-electron chi connectivity index (χ4n) is 2.31. The summed E-state index contributed by atoms with van der Waals surface area (Å²) in [5, 5.41) is 12.5. The first-order valence-corrected chi connectivity index (χ1v) is 9.00. The van der Waals surface area contributed by atoms with Crippen LogP contribution in [0.5, 0.6) is 0 Å². The fourth-order valence-corrected chi connectivity index (χ4v) is 2.95. The van der Waals surface area contributed by atoms with Gasteiger partial charge in [-0.15, -0.1) is 5.10 Å². The van der Waals surface area contributed by atoms with Crippen LogP contribution in [0.3, 0.4) is 0 Å². The topological polar surface area (TPSA) is 107 Å². The van der Waals surface area contributed by atoms with Crippen LogP contribution in [0.4, 0.5) is 5.82 Å². The molecule has 1 aromatic heterocycles. The van der Waals surface area contributed by atoms with E-state index in [0.29, 0.717) is 28.6 Å². The molecule has 0 saturated carbocycles. The van der Waals surface area contributed by atoms with E-state index in [1.165, 1.54) is 12.1 Å². The van der Waals surface area contributed by atoms with Crippen LogP contribution in [-0.2, 0) is 14.8 Å². The number of hydrogen-bond acceptors (Lipinski definition) is 4. The molecule has 1 amide bonds. The number of nitrogens with one attached hydrogen (secondary N) is 1. The van der Waals surface area contributed by atoms with E-state index in [9.17, 15) is 13.2 Å². The molecule has 3 N–H and O–H groups in total. The highest BCUT2D eigenvalue weighted by atomic mass is 35.5. The molecule has 0 aliphatic heterocycles. The van der Waals surface area contributed by atoms with Crippen molar-refractivity contribution in [2.45, 2.75) is 4.90 Å². The Hall–Kier alpha value is -2.68. The Bertz CT molecular complexity index is 1010. The average Bonchev–Trinajstić information content (AvgIpc) is 2.99. The van der Waals surface area contributed by atoms with Crippen molar-refractivity contribution in [3.8, 4) is 16.9 Å². The van der Waals surface area contributed by atoms with E-state index in [2.05, 4.69) is 10.4 Å². The minimum atomic E-state index is -3.78. The van der Waals surface area contributed by atoms with Gasteiger partial charge in [0.1, 0.15) is 0 Å². The van der Waals surface area contributed by atoms with Crippen molar-refractivity contribution in [1.29, 1.82) is 0 Å². The molecule has 2 aromatic carbocycles. The van der Waals surface area contributed by atoms with Gasteiger partial charge in [-0.3, -0.25) is 4.79 Å². The summed E-state index contributed by atoms with van der Waals surface area (Å²) in [6.07, 6.45) is 0.530. The van der Waals surface area contributed by atoms with Crippen LogP contribution in [0.2, 0.25) is 5.02 Å². The Balaban J connectivity index is 2.11. The van der Waals surface area contributed by atoms with E-state index >= 15 is 0 Å². The molecule has 0 saturated heterocycles. The predicted molar refractivity (Wildman–Crippen MR) is 95.1 cm³/mol. The lowest BCUT2D eigenvalue weighted by Crippen LogP contribution is -2.12. The zero-order chi connectivity index (χ0) is 18.0. The van der Waals surface area contributed by atoms with Crippen LogP contribution in [0.1, 0.15) is 0 Å². The molecule has 9 heteroatoms. The highest BCUT2D eigenvalue weighted by Gasteiger charge is 2.13. The maximum absolute atomic E-state index is 11.4. The third-order valence-corrected chi connectivity index (χ3v) is 4.65. The minimum Gasteiger partial charge on any atom is -0.312 e. The number of nitrogens with two attached hydrogens (primary N) is 1. The van der Waals surface area contributed by atoms with Gasteiger partial charge in [-0.05, 0) is 36.4 Å². The lowest BCUT2D eigenvalue weighted by Gasteiger charge is -2.08. The van der Waals surface area contributed by atoms with Gasteiger partial charge in [0, 0.05) is 16.7 Å². The first-order valence-electron chi connectivity index (χ1n) is 7.08. The predicted octanol–water partition coefficient (Wildman–Crippen LogP) is 2.41. The molecule has 128 valence electrons. The molecule has 3 rings (SSSR count). The first-order chi connectivity index (χ1) is 11.9. The van der Waals surface area contributed by atoms with Crippen LogP contribution in [0.25, 0.3) is 16.9 Å². The first kappa shape index (κ1) is 17.2. The second-order valence-corrected chi connectivity index (χ2v) is 7.13. The number of amides is 1. The van der Waals surface area contributed by atoms with Gasteiger partial charge in [0.05, 0.1) is 16.3 Å². The Kier molecular flexibility index (Phi) is 4.58. The maximum Gasteiger partial charge on any atom is 0.238 e. The molecule has 0 spiro atoms. The molecule has 0 aliphatic carbocycles. The number of sulfonamides is 1. The Morgan fingerprint density at radius 3 is 2.28 bits per heavy atom. The Morgan fingerprint density at radius 2 is 1.72 bits per heavy atom. The third-order valence-electron chi connectivity index (χ3n) is 3.47. The summed E-state index contributed by atoms with van der Waals surface area (Å²) in [6, 6.07) is 14.8. The van der Waals surface area contributed by atoms with Crippen molar-refractivity contribution in [1.82, 2.24) is 9.78 Å². The quantitative estimate of drug-likeness (QED) is 0.666. The summed E-state index contributed by atoms with van der Waals surface area (Å²) < 4.78 is 24.4. The van der Waals surface area contributed by atoms with Crippen LogP contribution in [-0.4, -0.2) is 24.6 Å². The molecular formula is C16H13ClN4O3S. The third kappa shape index (κ3) is 3.71. The second-order valence-electron chi connectivity index (χ2n) is 5.13. The number of primary sulfonamides is 1. The van der Waals surface area contributed by atoms with Gasteiger partial charge in [0.2, 0.25) is 16.4 Å². The van der Waals surface area contributed by atoms with Crippen molar-refractivity contribution in [3.05, 3.63) is 59.6 Å². The van der Waals surface area contributed by atoms with Crippen LogP contribution in [0.15, 0.2) is 59.5 Å². The molecule has 1 heterocycles. The van der Waals surface area contributed by atoms with Crippen molar-refractivity contribution in [2.75, 3.05) is 5.32 Å². The Morgan fingerprint density at radius 1 is 1.08 bits per heavy atom. The molecule has 3 aromatic rings. The van der Waals surface area contributed by atoms with Gasteiger partial charge in [-0.1, -0.05) is 23.7 Å². The minimum absolute atomic E-state index is 0.00249. The van der Waals surface area contributed by atoms with E-state index in [0.717, 1.165) is 5.56 Å². The Labute approximate surface area is 149 Å². The van der Waals surface area contributed by atoms with Crippen LogP contribution in [0, 0.1) is 0 Å². The maximum atomic E-state index is 11.4. The van der Waals surface area contributed by atoms with Crippen LogP contribution >= 0.6 is 11.6 Å². The van der Waals surface area contributed by atoms with Gasteiger partial charge in [0.25, 0.3) is 0 Å². The zero-order valence-corrected chi connectivity index (χ0v) is 14.3. The van der Waals surface area contributed by atoms with E-state index in [-0.39, 0.29) is 4.90 Å². The highest BCUT2D eigenvalue weighted by molar-refractivity contribution is 7.89. The second kappa shape index (κ2) is 6.67. The van der Waals surface area contributed by atoms with E-state index in [4.69, 9.17) is 16.7 Å². The monoisotopic (exact) mass is 376 g/mol. The molecule has 0 unspecified atom stereocenters. The number of benzene rings is 2. The van der Waals surface area contributed by atoms with Crippen molar-refractivity contribution in [2.24, 2.45) is 5.14 Å². The summed E-state index contributed by atoms with van der Waals surface area (Å²) in [6.45, 7) is 0. The van der Waals surface area contributed by atoms with Gasteiger partial charge in [-0.2, -0.15) is 0 Å². The number of carbonyl (C=O) groups is 1. The summed E-state index contributed by atoms with van der Waals surface area (Å²) >= 11 is 5.92. The highest BCUT2D eigenvalue weighted by Crippen LogP contribution is 2.27. The lowest BCUT2D eigenvalue weighted by atomic mass is 10.1. The number of hydrogen-bond donors (Lipinski definition) is 2. The van der Waals surface area contributed by atoms with Gasteiger partial charge in [-0.25, -0.2) is 18.2 Å². The molecule has 0 radical (unpaired) electrons. The normalized spacial score (nSPS) is 11.3. The molecule has 7 nitrogen and oxygen atoms in total. The number of rotatable bonds is 5. The molecule has 0 bridgehead atoms. The van der Waals surface area contributed by atoms with Crippen molar-refractivity contribution < 1.29 is 13.2 Å². The molecule has 25 heavy (non-hydrogen) atoms. The molecule has 0 atom stereocenters. The molecule has 0 fully saturated rings. The van der Waals surface area contributed by atoms with Gasteiger partial charge >= 0.3 is 0 Å². The van der Waals surface area contributed by atoms with E-state index < -0.39 is 10.0 Å². The smallest absolute Gasteiger partial charge is 0.238 e. The number of nitrogens with zero attached hydrogens (tertiary/aromatic N) is 2. The molecular weight excluding hydrogens is 364 g/mol. The van der Waals surface area contributed by atoms with Crippen molar-refractivity contribution in [3.63, 3.8) is 0 Å². The number of aromatic nitrogens is 2. The molecule has 0 aliphatic rings. The summed E-state index contributed by atoms with van der Waals surface area (Å²) in [5.74, 6) is 0.357. The summed E-state index contributed by atoms with van der Waals surface area (Å²) in [4.78, 5) is 10.7. The lowest BCUT2D eigenvalue weighted by molar-refractivity contribution is -0.105.